The lowest BCUT2D eigenvalue weighted by atomic mass is 10.0. The van der Waals surface area contributed by atoms with Crippen molar-refractivity contribution in [3.05, 3.63) is 29.3 Å². The summed E-state index contributed by atoms with van der Waals surface area (Å²) in [5, 5.41) is 7.75. The molecule has 0 aliphatic rings. The first-order chi connectivity index (χ1) is 8.97. The minimum atomic E-state index is 0.116. The molecule has 0 bridgehead atoms. The van der Waals surface area contributed by atoms with E-state index in [-0.39, 0.29) is 5.84 Å². The molecule has 0 aromatic heterocycles. The summed E-state index contributed by atoms with van der Waals surface area (Å²) in [6, 6.07) is 5.91. The molecule has 1 aromatic rings. The fourth-order valence-electron chi connectivity index (χ4n) is 2.23. The van der Waals surface area contributed by atoms with Crippen molar-refractivity contribution < 1.29 is 4.74 Å². The molecule has 0 heterocycles. The van der Waals surface area contributed by atoms with Crippen LogP contribution in [-0.4, -0.2) is 32.6 Å². The average Bonchev–Trinajstić information content (AvgIpc) is 2.33. The second kappa shape index (κ2) is 7.14. The molecule has 0 spiro atoms. The molecule has 0 unspecified atom stereocenters. The van der Waals surface area contributed by atoms with Crippen LogP contribution in [0.3, 0.4) is 0 Å². The van der Waals surface area contributed by atoms with E-state index in [0.29, 0.717) is 12.5 Å². The van der Waals surface area contributed by atoms with Gasteiger partial charge in [0.2, 0.25) is 0 Å². The fourth-order valence-corrected chi connectivity index (χ4v) is 2.23. The van der Waals surface area contributed by atoms with Crippen molar-refractivity contribution in [2.75, 3.05) is 31.7 Å². The molecule has 0 radical (unpaired) electrons. The highest BCUT2D eigenvalue weighted by atomic mass is 16.5. The van der Waals surface area contributed by atoms with Crippen molar-refractivity contribution in [3.63, 3.8) is 0 Å². The Morgan fingerprint density at radius 3 is 2.63 bits per heavy atom. The molecule has 3 N–H and O–H groups in total. The van der Waals surface area contributed by atoms with E-state index >= 15 is 0 Å². The Morgan fingerprint density at radius 1 is 1.42 bits per heavy atom. The number of nitrogens with zero attached hydrogens (tertiary/aromatic N) is 1. The molecular weight excluding hydrogens is 238 g/mol. The van der Waals surface area contributed by atoms with Crippen LogP contribution in [0.5, 0.6) is 0 Å². The molecule has 0 saturated carbocycles. The predicted molar refractivity (Wildman–Crippen MR) is 81.1 cm³/mol. The first-order valence-electron chi connectivity index (χ1n) is 6.65. The molecule has 1 rings (SSSR count). The lowest BCUT2D eigenvalue weighted by Gasteiger charge is -2.30. The molecule has 1 aromatic carbocycles. The SMILES string of the molecule is COCCN(CC(C)C)c1c(C)cccc1C(=N)N. The number of hydrogen-bond acceptors (Lipinski definition) is 3. The molecule has 0 saturated heterocycles. The highest BCUT2D eigenvalue weighted by Crippen LogP contribution is 2.25. The van der Waals surface area contributed by atoms with E-state index in [1.54, 1.807) is 7.11 Å². The van der Waals surface area contributed by atoms with Crippen LogP contribution in [-0.2, 0) is 4.74 Å². The van der Waals surface area contributed by atoms with Crippen molar-refractivity contribution in [1.29, 1.82) is 5.41 Å². The highest BCUT2D eigenvalue weighted by molar-refractivity contribution is 6.01. The van der Waals surface area contributed by atoms with Gasteiger partial charge in [-0.1, -0.05) is 26.0 Å². The van der Waals surface area contributed by atoms with Gasteiger partial charge < -0.3 is 15.4 Å². The van der Waals surface area contributed by atoms with Gasteiger partial charge in [0, 0.05) is 25.8 Å². The Bertz CT molecular complexity index is 429. The van der Waals surface area contributed by atoms with Gasteiger partial charge in [-0.3, -0.25) is 5.41 Å². The zero-order valence-corrected chi connectivity index (χ0v) is 12.4. The molecule has 0 atom stereocenters. The van der Waals surface area contributed by atoms with Gasteiger partial charge in [0.25, 0.3) is 0 Å². The van der Waals surface area contributed by atoms with Crippen LogP contribution in [0.1, 0.15) is 25.0 Å². The number of aryl methyl sites for hydroxylation is 1. The Balaban J connectivity index is 3.15. The van der Waals surface area contributed by atoms with Crippen molar-refractivity contribution in [1.82, 2.24) is 0 Å². The molecule has 0 aliphatic carbocycles. The van der Waals surface area contributed by atoms with Crippen LogP contribution in [0.2, 0.25) is 0 Å². The van der Waals surface area contributed by atoms with Gasteiger partial charge in [0.05, 0.1) is 12.3 Å². The third kappa shape index (κ3) is 4.24. The second-order valence-electron chi connectivity index (χ2n) is 5.22. The smallest absolute Gasteiger partial charge is 0.124 e. The first-order valence-corrected chi connectivity index (χ1v) is 6.65. The van der Waals surface area contributed by atoms with Gasteiger partial charge in [-0.15, -0.1) is 0 Å². The number of rotatable bonds is 7. The summed E-state index contributed by atoms with van der Waals surface area (Å²) >= 11 is 0. The normalized spacial score (nSPS) is 10.8. The largest absolute Gasteiger partial charge is 0.384 e. The number of ether oxygens (including phenoxy) is 1. The number of methoxy groups -OCH3 is 1. The Kier molecular flexibility index (Phi) is 5.83. The molecule has 0 aliphatic heterocycles. The van der Waals surface area contributed by atoms with E-state index in [0.717, 1.165) is 29.9 Å². The first kappa shape index (κ1) is 15.5. The van der Waals surface area contributed by atoms with Crippen molar-refractivity contribution >= 4 is 11.5 Å². The highest BCUT2D eigenvalue weighted by Gasteiger charge is 2.16. The lowest BCUT2D eigenvalue weighted by molar-refractivity contribution is 0.204. The molecule has 4 nitrogen and oxygen atoms in total. The predicted octanol–water partition coefficient (Wildman–Crippen LogP) is 2.39. The fraction of sp³-hybridized carbons (Fsp3) is 0.533. The summed E-state index contributed by atoms with van der Waals surface area (Å²) in [6.45, 7) is 8.83. The molecule has 19 heavy (non-hydrogen) atoms. The minimum Gasteiger partial charge on any atom is -0.384 e. The monoisotopic (exact) mass is 263 g/mol. The Morgan fingerprint density at radius 2 is 2.11 bits per heavy atom. The third-order valence-corrected chi connectivity index (χ3v) is 3.00. The topological polar surface area (TPSA) is 62.3 Å². The maximum Gasteiger partial charge on any atom is 0.124 e. The number of amidine groups is 1. The third-order valence-electron chi connectivity index (χ3n) is 3.00. The second-order valence-corrected chi connectivity index (χ2v) is 5.22. The van der Waals surface area contributed by atoms with Crippen molar-refractivity contribution in [3.8, 4) is 0 Å². The van der Waals surface area contributed by atoms with Gasteiger partial charge in [-0.25, -0.2) is 0 Å². The summed E-state index contributed by atoms with van der Waals surface area (Å²) in [7, 11) is 1.71. The molecule has 106 valence electrons. The summed E-state index contributed by atoms with van der Waals surface area (Å²) in [6.07, 6.45) is 0. The van der Waals surface area contributed by atoms with Crippen LogP contribution in [0.15, 0.2) is 18.2 Å². The van der Waals surface area contributed by atoms with E-state index < -0.39 is 0 Å². The lowest BCUT2D eigenvalue weighted by Crippen LogP contribution is -2.33. The molecule has 0 fully saturated rings. The van der Waals surface area contributed by atoms with Crippen LogP contribution >= 0.6 is 0 Å². The van der Waals surface area contributed by atoms with Crippen molar-refractivity contribution in [2.45, 2.75) is 20.8 Å². The Labute approximate surface area is 116 Å². The number of para-hydroxylation sites is 1. The average molecular weight is 263 g/mol. The number of benzene rings is 1. The van der Waals surface area contributed by atoms with Crippen LogP contribution in [0.25, 0.3) is 0 Å². The van der Waals surface area contributed by atoms with Gasteiger partial charge in [0.1, 0.15) is 5.84 Å². The van der Waals surface area contributed by atoms with E-state index in [4.69, 9.17) is 15.9 Å². The maximum absolute atomic E-state index is 7.75. The number of nitrogen functional groups attached to an aromatic ring is 1. The van der Waals surface area contributed by atoms with Crippen molar-refractivity contribution in [2.24, 2.45) is 11.7 Å². The molecule has 0 amide bonds. The molecule has 4 heteroatoms. The number of nitrogens with two attached hydrogens (primary N) is 1. The van der Waals surface area contributed by atoms with Gasteiger partial charge in [0.15, 0.2) is 0 Å². The van der Waals surface area contributed by atoms with Crippen LogP contribution < -0.4 is 10.6 Å². The van der Waals surface area contributed by atoms with E-state index in [1.165, 1.54) is 0 Å². The minimum absolute atomic E-state index is 0.116. The van der Waals surface area contributed by atoms with E-state index in [2.05, 4.69) is 31.7 Å². The zero-order valence-electron chi connectivity index (χ0n) is 12.4. The van der Waals surface area contributed by atoms with E-state index in [1.807, 2.05) is 12.1 Å². The summed E-state index contributed by atoms with van der Waals surface area (Å²) < 4.78 is 5.19. The number of nitrogens with one attached hydrogen (secondary N) is 1. The van der Waals surface area contributed by atoms with Crippen LogP contribution in [0, 0.1) is 18.3 Å². The van der Waals surface area contributed by atoms with E-state index in [9.17, 15) is 0 Å². The Hall–Kier alpha value is -1.55. The summed E-state index contributed by atoms with van der Waals surface area (Å²) in [5.74, 6) is 0.654. The summed E-state index contributed by atoms with van der Waals surface area (Å²) in [4.78, 5) is 2.26. The van der Waals surface area contributed by atoms with Gasteiger partial charge in [-0.2, -0.15) is 0 Å². The van der Waals surface area contributed by atoms with Gasteiger partial charge >= 0.3 is 0 Å². The number of hydrogen-bond donors (Lipinski definition) is 2. The maximum atomic E-state index is 7.75. The van der Waals surface area contributed by atoms with Gasteiger partial charge in [-0.05, 0) is 24.5 Å². The number of anilines is 1. The summed E-state index contributed by atoms with van der Waals surface area (Å²) in [5.41, 5.74) is 8.71. The molecular formula is C15H25N3O. The standard InChI is InChI=1S/C15H25N3O/c1-11(2)10-18(8-9-19-4)14-12(3)6-5-7-13(14)15(16)17/h5-7,11H,8-10H2,1-4H3,(H3,16,17). The van der Waals surface area contributed by atoms with Crippen LogP contribution in [0.4, 0.5) is 5.69 Å². The quantitative estimate of drug-likeness (QED) is 0.586. The zero-order chi connectivity index (χ0) is 14.4.